The molecule has 0 aliphatic heterocycles. The smallest absolute Gasteiger partial charge is 0.255 e. The number of amides is 1. The van der Waals surface area contributed by atoms with E-state index in [2.05, 4.69) is 29.7 Å². The van der Waals surface area contributed by atoms with Gasteiger partial charge in [-0.15, -0.1) is 0 Å². The summed E-state index contributed by atoms with van der Waals surface area (Å²) in [6.45, 7) is 2.80. The fourth-order valence-electron chi connectivity index (χ4n) is 2.48. The van der Waals surface area contributed by atoms with Crippen molar-refractivity contribution in [3.05, 3.63) is 95.6 Å². The van der Waals surface area contributed by atoms with Gasteiger partial charge in [-0.25, -0.2) is 0 Å². The molecule has 0 heterocycles. The first kappa shape index (κ1) is 15.8. The minimum atomic E-state index is -0.103. The molecule has 3 nitrogen and oxygen atoms in total. The lowest BCUT2D eigenvalue weighted by molar-refractivity contribution is 0.102. The molecular weight excluding hydrogens is 296 g/mol. The molecule has 0 atom stereocenters. The number of rotatable bonds is 5. The zero-order valence-electron chi connectivity index (χ0n) is 13.6. The highest BCUT2D eigenvalue weighted by atomic mass is 16.1. The van der Waals surface area contributed by atoms with Crippen LogP contribution >= 0.6 is 0 Å². The predicted octanol–water partition coefficient (Wildman–Crippen LogP) is 4.86. The fourth-order valence-corrected chi connectivity index (χ4v) is 2.48. The molecule has 0 saturated heterocycles. The molecule has 1 amide bonds. The van der Waals surface area contributed by atoms with Gasteiger partial charge in [-0.2, -0.15) is 0 Å². The van der Waals surface area contributed by atoms with Crippen LogP contribution in [-0.2, 0) is 6.54 Å². The van der Waals surface area contributed by atoms with Gasteiger partial charge in [0.2, 0.25) is 0 Å². The number of nitrogens with one attached hydrogen (secondary N) is 2. The molecule has 24 heavy (non-hydrogen) atoms. The van der Waals surface area contributed by atoms with Crippen LogP contribution < -0.4 is 10.6 Å². The molecule has 0 aliphatic carbocycles. The summed E-state index contributed by atoms with van der Waals surface area (Å²) in [7, 11) is 0. The average Bonchev–Trinajstić information content (AvgIpc) is 2.63. The molecule has 3 aromatic carbocycles. The maximum Gasteiger partial charge on any atom is 0.255 e. The van der Waals surface area contributed by atoms with Crippen molar-refractivity contribution in [1.82, 2.24) is 0 Å². The Hall–Kier alpha value is -3.07. The van der Waals surface area contributed by atoms with E-state index in [1.807, 2.05) is 54.6 Å². The summed E-state index contributed by atoms with van der Waals surface area (Å²) < 4.78 is 0. The van der Waals surface area contributed by atoms with Gasteiger partial charge in [-0.3, -0.25) is 4.79 Å². The summed E-state index contributed by atoms with van der Waals surface area (Å²) in [5.74, 6) is -0.103. The number of carbonyl (C=O) groups excluding carboxylic acids is 1. The van der Waals surface area contributed by atoms with Crippen molar-refractivity contribution in [3.63, 3.8) is 0 Å². The third-order valence-corrected chi connectivity index (χ3v) is 3.86. The second-order valence-corrected chi connectivity index (χ2v) is 5.69. The molecule has 0 radical (unpaired) electrons. The van der Waals surface area contributed by atoms with Crippen LogP contribution in [0.5, 0.6) is 0 Å². The normalized spacial score (nSPS) is 10.2. The van der Waals surface area contributed by atoms with Crippen molar-refractivity contribution in [2.24, 2.45) is 0 Å². The lowest BCUT2D eigenvalue weighted by Crippen LogP contribution is -2.12. The Labute approximate surface area is 142 Å². The number of carbonyl (C=O) groups is 1. The van der Waals surface area contributed by atoms with Crippen LogP contribution in [0.4, 0.5) is 11.4 Å². The maximum absolute atomic E-state index is 12.3. The van der Waals surface area contributed by atoms with Gasteiger partial charge in [0.25, 0.3) is 5.91 Å². The molecule has 0 fully saturated rings. The van der Waals surface area contributed by atoms with Gasteiger partial charge in [0.05, 0.1) is 0 Å². The topological polar surface area (TPSA) is 41.1 Å². The summed E-state index contributed by atoms with van der Waals surface area (Å²) in [6, 6.07) is 25.4. The number of aryl methyl sites for hydroxylation is 1. The lowest BCUT2D eigenvalue weighted by atomic mass is 10.1. The zero-order valence-corrected chi connectivity index (χ0v) is 13.6. The molecule has 2 N–H and O–H groups in total. The van der Waals surface area contributed by atoms with Gasteiger partial charge in [0.15, 0.2) is 0 Å². The Morgan fingerprint density at radius 2 is 1.54 bits per heavy atom. The van der Waals surface area contributed by atoms with Crippen molar-refractivity contribution in [1.29, 1.82) is 0 Å². The molecule has 0 aliphatic rings. The Balaban J connectivity index is 1.70. The van der Waals surface area contributed by atoms with Gasteiger partial charge in [0, 0.05) is 23.5 Å². The van der Waals surface area contributed by atoms with E-state index in [1.54, 1.807) is 12.1 Å². The molecule has 0 spiro atoms. The third-order valence-electron chi connectivity index (χ3n) is 3.86. The van der Waals surface area contributed by atoms with E-state index in [0.717, 1.165) is 23.5 Å². The van der Waals surface area contributed by atoms with Gasteiger partial charge in [-0.05, 0) is 42.3 Å². The van der Waals surface area contributed by atoms with Crippen LogP contribution in [0.1, 0.15) is 21.5 Å². The van der Waals surface area contributed by atoms with E-state index >= 15 is 0 Å². The van der Waals surface area contributed by atoms with E-state index in [1.165, 1.54) is 5.56 Å². The van der Waals surface area contributed by atoms with Crippen LogP contribution in [0.3, 0.4) is 0 Å². The number of hydrogen-bond donors (Lipinski definition) is 2. The van der Waals surface area contributed by atoms with E-state index in [9.17, 15) is 4.79 Å². The van der Waals surface area contributed by atoms with Crippen molar-refractivity contribution in [2.75, 3.05) is 10.6 Å². The van der Waals surface area contributed by atoms with Crippen LogP contribution in [0.2, 0.25) is 0 Å². The molecule has 3 rings (SSSR count). The maximum atomic E-state index is 12.3. The highest BCUT2D eigenvalue weighted by Gasteiger charge is 2.07. The standard InChI is InChI=1S/C21H20N2O/c1-16-12-13-19(23-21(24)18-10-6-3-7-11-18)14-20(16)22-15-17-8-4-2-5-9-17/h2-14,22H,15H2,1H3,(H,23,24). The SMILES string of the molecule is Cc1ccc(NC(=O)c2ccccc2)cc1NCc1ccccc1. The summed E-state index contributed by atoms with van der Waals surface area (Å²) in [4.78, 5) is 12.3. The molecule has 3 heteroatoms. The van der Waals surface area contributed by atoms with Crippen LogP contribution in [0, 0.1) is 6.92 Å². The minimum absolute atomic E-state index is 0.103. The zero-order chi connectivity index (χ0) is 16.8. The van der Waals surface area contributed by atoms with Crippen LogP contribution in [0.25, 0.3) is 0 Å². The Morgan fingerprint density at radius 1 is 0.875 bits per heavy atom. The Bertz CT molecular complexity index is 814. The Kier molecular flexibility index (Phi) is 4.92. The van der Waals surface area contributed by atoms with Crippen molar-refractivity contribution >= 4 is 17.3 Å². The summed E-state index contributed by atoms with van der Waals surface area (Å²) in [5, 5.41) is 6.38. The van der Waals surface area contributed by atoms with E-state index in [-0.39, 0.29) is 5.91 Å². The molecule has 0 saturated carbocycles. The molecule has 3 aromatic rings. The molecule has 0 aromatic heterocycles. The highest BCUT2D eigenvalue weighted by Crippen LogP contribution is 2.21. The largest absolute Gasteiger partial charge is 0.381 e. The summed E-state index contributed by atoms with van der Waals surface area (Å²) >= 11 is 0. The van der Waals surface area contributed by atoms with Crippen LogP contribution in [0.15, 0.2) is 78.9 Å². The van der Waals surface area contributed by atoms with Gasteiger partial charge in [0.1, 0.15) is 0 Å². The first-order valence-corrected chi connectivity index (χ1v) is 7.97. The molecule has 0 bridgehead atoms. The quantitative estimate of drug-likeness (QED) is 0.706. The highest BCUT2D eigenvalue weighted by molar-refractivity contribution is 6.04. The number of hydrogen-bond acceptors (Lipinski definition) is 2. The number of benzene rings is 3. The van der Waals surface area contributed by atoms with Crippen molar-refractivity contribution < 1.29 is 4.79 Å². The lowest BCUT2D eigenvalue weighted by Gasteiger charge is -2.12. The summed E-state index contributed by atoms with van der Waals surface area (Å²) in [5.41, 5.74) is 4.81. The second-order valence-electron chi connectivity index (χ2n) is 5.69. The van der Waals surface area contributed by atoms with Crippen molar-refractivity contribution in [2.45, 2.75) is 13.5 Å². The molecule has 120 valence electrons. The first-order valence-electron chi connectivity index (χ1n) is 7.97. The fraction of sp³-hybridized carbons (Fsp3) is 0.0952. The third kappa shape index (κ3) is 4.02. The minimum Gasteiger partial charge on any atom is -0.381 e. The first-order chi connectivity index (χ1) is 11.7. The van der Waals surface area contributed by atoms with Gasteiger partial charge < -0.3 is 10.6 Å². The van der Waals surface area contributed by atoms with Crippen LogP contribution in [-0.4, -0.2) is 5.91 Å². The second kappa shape index (κ2) is 7.47. The number of anilines is 2. The van der Waals surface area contributed by atoms with Crippen molar-refractivity contribution in [3.8, 4) is 0 Å². The predicted molar refractivity (Wildman–Crippen MR) is 99.3 cm³/mol. The average molecular weight is 316 g/mol. The summed E-state index contributed by atoms with van der Waals surface area (Å²) in [6.07, 6.45) is 0. The van der Waals surface area contributed by atoms with E-state index < -0.39 is 0 Å². The van der Waals surface area contributed by atoms with E-state index in [0.29, 0.717) is 5.56 Å². The van der Waals surface area contributed by atoms with E-state index in [4.69, 9.17) is 0 Å². The Morgan fingerprint density at radius 3 is 2.25 bits per heavy atom. The van der Waals surface area contributed by atoms with Gasteiger partial charge in [-0.1, -0.05) is 54.6 Å². The monoisotopic (exact) mass is 316 g/mol. The molecule has 0 unspecified atom stereocenters. The molecular formula is C21H20N2O. The van der Waals surface area contributed by atoms with Gasteiger partial charge >= 0.3 is 0 Å².